The third-order valence-corrected chi connectivity index (χ3v) is 4.95. The largest absolute Gasteiger partial charge is 0.348 e. The molecule has 0 aliphatic rings. The van der Waals surface area contributed by atoms with Crippen molar-refractivity contribution < 1.29 is 4.79 Å². The number of nitrogens with one attached hydrogen (secondary N) is 2. The molecule has 3 aromatic rings. The van der Waals surface area contributed by atoms with Crippen LogP contribution in [-0.4, -0.2) is 31.9 Å². The number of H-pyrrole nitrogens is 1. The van der Waals surface area contributed by atoms with Gasteiger partial charge < -0.3 is 5.32 Å². The Morgan fingerprint density at radius 3 is 2.88 bits per heavy atom. The fourth-order valence-corrected chi connectivity index (χ4v) is 3.63. The summed E-state index contributed by atoms with van der Waals surface area (Å²) in [5.74, 6) is -0.142. The number of amides is 1. The van der Waals surface area contributed by atoms with E-state index in [4.69, 9.17) is 0 Å². The molecule has 0 aromatic carbocycles. The van der Waals surface area contributed by atoms with E-state index in [0.29, 0.717) is 5.69 Å². The van der Waals surface area contributed by atoms with Gasteiger partial charge >= 0.3 is 0 Å². The Morgan fingerprint density at radius 1 is 1.46 bits per heavy atom. The highest BCUT2D eigenvalue weighted by molar-refractivity contribution is 7.09. The fraction of sp³-hybridized carbons (Fsp3) is 0.353. The Balaban J connectivity index is 1.72. The molecule has 6 nitrogen and oxygen atoms in total. The molecule has 1 amide bonds. The number of nitrogens with zero attached hydrogens (tertiary/aromatic N) is 3. The molecular weight excluding hydrogens is 322 g/mol. The van der Waals surface area contributed by atoms with Gasteiger partial charge in [-0.15, -0.1) is 11.3 Å². The van der Waals surface area contributed by atoms with Crippen LogP contribution in [0, 0.1) is 13.8 Å². The number of rotatable bonds is 5. The first-order chi connectivity index (χ1) is 11.5. The zero-order valence-electron chi connectivity index (χ0n) is 14.3. The first kappa shape index (κ1) is 16.4. The minimum atomic E-state index is -0.142. The van der Waals surface area contributed by atoms with Crippen molar-refractivity contribution in [3.8, 4) is 11.3 Å². The van der Waals surface area contributed by atoms with E-state index in [1.54, 1.807) is 17.4 Å². The van der Waals surface area contributed by atoms with Gasteiger partial charge in [-0.1, -0.05) is 6.07 Å². The number of aromatic nitrogens is 4. The van der Waals surface area contributed by atoms with Gasteiger partial charge in [-0.05, 0) is 38.3 Å². The molecular formula is C17H21N5OS. The minimum absolute atomic E-state index is 0.0600. The van der Waals surface area contributed by atoms with Gasteiger partial charge in [0.1, 0.15) is 5.69 Å². The lowest BCUT2D eigenvalue weighted by Gasteiger charge is -2.11. The van der Waals surface area contributed by atoms with E-state index in [-0.39, 0.29) is 11.9 Å². The third kappa shape index (κ3) is 3.26. The predicted octanol–water partition coefficient (Wildman–Crippen LogP) is 2.85. The number of aryl methyl sites for hydroxylation is 2. The standard InChI is InChI=1S/C17H21N5OS/c1-10(8-13-6-5-7-24-13)18-17(23)15-9-14(19-20-15)16-11(2)21-22(4)12(16)3/h5-7,9-10H,8H2,1-4H3,(H,18,23)(H,19,20). The van der Waals surface area contributed by atoms with E-state index in [1.807, 2.05) is 43.9 Å². The van der Waals surface area contributed by atoms with Crippen LogP contribution >= 0.6 is 11.3 Å². The molecule has 0 saturated heterocycles. The highest BCUT2D eigenvalue weighted by Gasteiger charge is 2.18. The van der Waals surface area contributed by atoms with E-state index in [0.717, 1.165) is 29.1 Å². The Morgan fingerprint density at radius 2 is 2.25 bits per heavy atom. The van der Waals surface area contributed by atoms with Gasteiger partial charge in [0, 0.05) is 35.6 Å². The Hall–Kier alpha value is -2.41. The van der Waals surface area contributed by atoms with Gasteiger partial charge in [0.05, 0.1) is 11.4 Å². The van der Waals surface area contributed by atoms with E-state index in [2.05, 4.69) is 26.7 Å². The third-order valence-electron chi connectivity index (χ3n) is 4.05. The van der Waals surface area contributed by atoms with Crippen molar-refractivity contribution in [1.82, 2.24) is 25.3 Å². The summed E-state index contributed by atoms with van der Waals surface area (Å²) < 4.78 is 1.82. The highest BCUT2D eigenvalue weighted by Crippen LogP contribution is 2.25. The van der Waals surface area contributed by atoms with Crippen LogP contribution in [0.25, 0.3) is 11.3 Å². The normalized spacial score (nSPS) is 12.3. The highest BCUT2D eigenvalue weighted by atomic mass is 32.1. The monoisotopic (exact) mass is 343 g/mol. The zero-order chi connectivity index (χ0) is 17.3. The van der Waals surface area contributed by atoms with Crippen molar-refractivity contribution in [2.45, 2.75) is 33.2 Å². The zero-order valence-corrected chi connectivity index (χ0v) is 15.1. The smallest absolute Gasteiger partial charge is 0.269 e. The molecule has 3 heterocycles. The number of carbonyl (C=O) groups excluding carboxylic acids is 1. The van der Waals surface area contributed by atoms with Crippen molar-refractivity contribution in [2.24, 2.45) is 7.05 Å². The molecule has 3 rings (SSSR count). The van der Waals surface area contributed by atoms with Crippen molar-refractivity contribution in [3.05, 3.63) is 45.5 Å². The maximum Gasteiger partial charge on any atom is 0.269 e. The molecule has 0 spiro atoms. The van der Waals surface area contributed by atoms with Crippen molar-refractivity contribution in [3.63, 3.8) is 0 Å². The summed E-state index contributed by atoms with van der Waals surface area (Å²) >= 11 is 1.70. The molecule has 126 valence electrons. The number of hydrogen-bond acceptors (Lipinski definition) is 4. The van der Waals surface area contributed by atoms with Crippen molar-refractivity contribution in [1.29, 1.82) is 0 Å². The Labute approximate surface area is 144 Å². The molecule has 0 saturated carbocycles. The van der Waals surface area contributed by atoms with Crippen LogP contribution in [0.2, 0.25) is 0 Å². The second-order valence-corrected chi connectivity index (χ2v) is 7.03. The first-order valence-electron chi connectivity index (χ1n) is 7.85. The van der Waals surface area contributed by atoms with E-state index in [9.17, 15) is 4.79 Å². The average molecular weight is 343 g/mol. The topological polar surface area (TPSA) is 75.6 Å². The number of carbonyl (C=O) groups is 1. The Bertz CT molecular complexity index is 847. The fourth-order valence-electron chi connectivity index (χ4n) is 2.79. The molecule has 0 fully saturated rings. The molecule has 0 radical (unpaired) electrons. The van der Waals surface area contributed by atoms with Crippen LogP contribution in [-0.2, 0) is 13.5 Å². The van der Waals surface area contributed by atoms with Crippen molar-refractivity contribution >= 4 is 17.2 Å². The lowest BCUT2D eigenvalue weighted by Crippen LogP contribution is -2.34. The molecule has 1 atom stereocenters. The molecule has 1 unspecified atom stereocenters. The van der Waals surface area contributed by atoms with Crippen molar-refractivity contribution in [2.75, 3.05) is 0 Å². The summed E-state index contributed by atoms with van der Waals surface area (Å²) in [6.07, 6.45) is 0.825. The summed E-state index contributed by atoms with van der Waals surface area (Å²) in [6.45, 7) is 5.94. The summed E-state index contributed by atoms with van der Waals surface area (Å²) in [5.41, 5.74) is 4.11. The second-order valence-electron chi connectivity index (χ2n) is 5.99. The molecule has 3 aromatic heterocycles. The molecule has 0 aliphatic carbocycles. The van der Waals surface area contributed by atoms with Crippen LogP contribution in [0.15, 0.2) is 23.6 Å². The molecule has 24 heavy (non-hydrogen) atoms. The lowest BCUT2D eigenvalue weighted by molar-refractivity contribution is 0.0935. The Kier molecular flexibility index (Phi) is 4.53. The van der Waals surface area contributed by atoms with E-state index in [1.165, 1.54) is 4.88 Å². The maximum atomic E-state index is 12.4. The van der Waals surface area contributed by atoms with Gasteiger partial charge in [0.15, 0.2) is 0 Å². The summed E-state index contributed by atoms with van der Waals surface area (Å²) in [7, 11) is 1.90. The van der Waals surface area contributed by atoms with E-state index < -0.39 is 0 Å². The maximum absolute atomic E-state index is 12.4. The van der Waals surface area contributed by atoms with Gasteiger partial charge in [-0.25, -0.2) is 0 Å². The van der Waals surface area contributed by atoms with Crippen LogP contribution in [0.3, 0.4) is 0 Å². The quantitative estimate of drug-likeness (QED) is 0.748. The number of thiophene rings is 1. The summed E-state index contributed by atoms with van der Waals surface area (Å²) in [6, 6.07) is 5.94. The summed E-state index contributed by atoms with van der Waals surface area (Å²) in [4.78, 5) is 13.7. The average Bonchev–Trinajstić information content (AvgIpc) is 3.22. The summed E-state index contributed by atoms with van der Waals surface area (Å²) in [5, 5.41) is 16.6. The molecule has 0 aliphatic heterocycles. The number of hydrogen-bond donors (Lipinski definition) is 2. The van der Waals surface area contributed by atoms with Gasteiger partial charge in [0.2, 0.25) is 0 Å². The molecule has 0 bridgehead atoms. The van der Waals surface area contributed by atoms with Crippen LogP contribution in [0.5, 0.6) is 0 Å². The SMILES string of the molecule is Cc1nn(C)c(C)c1-c1cc(C(=O)NC(C)Cc2cccs2)[nH]n1. The van der Waals surface area contributed by atoms with Crippen LogP contribution < -0.4 is 5.32 Å². The number of aromatic amines is 1. The predicted molar refractivity (Wildman–Crippen MR) is 95.2 cm³/mol. The van der Waals surface area contributed by atoms with Crippen LogP contribution in [0.1, 0.15) is 33.7 Å². The first-order valence-corrected chi connectivity index (χ1v) is 8.73. The van der Waals surface area contributed by atoms with Gasteiger partial charge in [-0.3, -0.25) is 14.6 Å². The second kappa shape index (κ2) is 6.60. The van der Waals surface area contributed by atoms with Crippen LogP contribution in [0.4, 0.5) is 0 Å². The van der Waals surface area contributed by atoms with Gasteiger partial charge in [-0.2, -0.15) is 10.2 Å². The minimum Gasteiger partial charge on any atom is -0.348 e. The van der Waals surface area contributed by atoms with Gasteiger partial charge in [0.25, 0.3) is 5.91 Å². The molecule has 2 N–H and O–H groups in total. The van der Waals surface area contributed by atoms with E-state index >= 15 is 0 Å². The lowest BCUT2D eigenvalue weighted by atomic mass is 10.1. The molecule has 7 heteroatoms.